The van der Waals surface area contributed by atoms with E-state index in [0.717, 1.165) is 38.2 Å². The Morgan fingerprint density at radius 3 is 3.05 bits per heavy atom. The van der Waals surface area contributed by atoms with Gasteiger partial charge in [0.15, 0.2) is 0 Å². The first-order chi connectivity index (χ1) is 9.29. The number of piperidine rings is 1. The van der Waals surface area contributed by atoms with Crippen LogP contribution in [-0.4, -0.2) is 34.1 Å². The summed E-state index contributed by atoms with van der Waals surface area (Å²) >= 11 is 0. The van der Waals surface area contributed by atoms with Gasteiger partial charge in [0.1, 0.15) is 0 Å². The normalized spacial score (nSPS) is 23.9. The third-order valence-electron chi connectivity index (χ3n) is 4.06. The van der Waals surface area contributed by atoms with Gasteiger partial charge in [0.25, 0.3) is 0 Å². The molecule has 1 aromatic carbocycles. The van der Waals surface area contributed by atoms with Crippen molar-refractivity contribution in [2.75, 3.05) is 13.1 Å². The fourth-order valence-corrected chi connectivity index (χ4v) is 2.95. The fraction of sp³-hybridized carbons (Fsp3) is 0.533. The second kappa shape index (κ2) is 5.31. The Balaban J connectivity index is 1.92. The van der Waals surface area contributed by atoms with E-state index in [2.05, 4.69) is 36.5 Å². The topological polar surface area (TPSA) is 50.1 Å². The molecule has 19 heavy (non-hydrogen) atoms. The van der Waals surface area contributed by atoms with Crippen LogP contribution in [0.25, 0.3) is 10.9 Å². The molecule has 0 bridgehead atoms. The molecule has 0 saturated carbocycles. The van der Waals surface area contributed by atoms with E-state index < -0.39 is 0 Å². The summed E-state index contributed by atoms with van der Waals surface area (Å²) in [4.78, 5) is 0. The zero-order chi connectivity index (χ0) is 13.2. The molecular weight excluding hydrogens is 238 g/mol. The summed E-state index contributed by atoms with van der Waals surface area (Å²) < 4.78 is 2.05. The van der Waals surface area contributed by atoms with Crippen molar-refractivity contribution >= 4 is 10.9 Å². The molecule has 4 nitrogen and oxygen atoms in total. The molecule has 0 spiro atoms. The number of para-hydroxylation sites is 1. The number of aromatic nitrogens is 2. The van der Waals surface area contributed by atoms with Crippen molar-refractivity contribution in [1.29, 1.82) is 0 Å². The second-order valence-electron chi connectivity index (χ2n) is 5.30. The second-order valence-corrected chi connectivity index (χ2v) is 5.30. The molecule has 1 fully saturated rings. The van der Waals surface area contributed by atoms with Crippen molar-refractivity contribution in [1.82, 2.24) is 15.1 Å². The molecule has 1 saturated heterocycles. The molecule has 1 aliphatic rings. The summed E-state index contributed by atoms with van der Waals surface area (Å²) in [7, 11) is 0. The molecule has 0 amide bonds. The van der Waals surface area contributed by atoms with Gasteiger partial charge in [-0.1, -0.05) is 18.2 Å². The molecule has 2 aromatic rings. The Morgan fingerprint density at radius 1 is 1.42 bits per heavy atom. The number of aliphatic hydroxyl groups is 1. The van der Waals surface area contributed by atoms with Crippen molar-refractivity contribution in [2.45, 2.75) is 32.4 Å². The minimum absolute atomic E-state index is 0.202. The van der Waals surface area contributed by atoms with Gasteiger partial charge in [-0.25, -0.2) is 0 Å². The van der Waals surface area contributed by atoms with Gasteiger partial charge in [-0.05, 0) is 32.4 Å². The minimum atomic E-state index is -0.202. The highest BCUT2D eigenvalue weighted by atomic mass is 16.3. The van der Waals surface area contributed by atoms with Crippen LogP contribution in [0.1, 0.15) is 19.0 Å². The quantitative estimate of drug-likeness (QED) is 0.879. The van der Waals surface area contributed by atoms with Crippen LogP contribution >= 0.6 is 0 Å². The Morgan fingerprint density at radius 2 is 2.26 bits per heavy atom. The molecular formula is C15H21N3O. The van der Waals surface area contributed by atoms with E-state index in [-0.39, 0.29) is 12.0 Å². The van der Waals surface area contributed by atoms with Crippen LogP contribution in [0, 0.1) is 5.92 Å². The third-order valence-corrected chi connectivity index (χ3v) is 4.06. The van der Waals surface area contributed by atoms with E-state index in [1.54, 1.807) is 0 Å². The van der Waals surface area contributed by atoms with E-state index >= 15 is 0 Å². The average Bonchev–Trinajstić information content (AvgIpc) is 2.80. The SMILES string of the molecule is CCn1nc(CC2CNCCC2O)c2ccccc21. The van der Waals surface area contributed by atoms with E-state index in [0.29, 0.717) is 0 Å². The summed E-state index contributed by atoms with van der Waals surface area (Å²) in [5.74, 6) is 0.275. The number of fused-ring (bicyclic) bond motifs is 1. The van der Waals surface area contributed by atoms with Crippen LogP contribution in [-0.2, 0) is 13.0 Å². The molecule has 2 atom stereocenters. The number of hydrogen-bond donors (Lipinski definition) is 2. The summed E-state index contributed by atoms with van der Waals surface area (Å²) in [5, 5.41) is 19.4. The summed E-state index contributed by atoms with van der Waals surface area (Å²) in [6.07, 6.45) is 1.49. The Kier molecular flexibility index (Phi) is 3.53. The summed E-state index contributed by atoms with van der Waals surface area (Å²) in [6, 6.07) is 8.36. The maximum absolute atomic E-state index is 10.1. The first-order valence-corrected chi connectivity index (χ1v) is 7.12. The lowest BCUT2D eigenvalue weighted by molar-refractivity contribution is 0.0787. The fourth-order valence-electron chi connectivity index (χ4n) is 2.95. The largest absolute Gasteiger partial charge is 0.393 e. The number of rotatable bonds is 3. The van der Waals surface area contributed by atoms with Crippen molar-refractivity contribution in [3.8, 4) is 0 Å². The van der Waals surface area contributed by atoms with Gasteiger partial charge in [0, 0.05) is 24.4 Å². The number of aliphatic hydroxyl groups excluding tert-OH is 1. The van der Waals surface area contributed by atoms with Crippen LogP contribution < -0.4 is 5.32 Å². The zero-order valence-electron chi connectivity index (χ0n) is 11.3. The molecule has 3 rings (SSSR count). The van der Waals surface area contributed by atoms with Crippen LogP contribution in [0.3, 0.4) is 0 Å². The van der Waals surface area contributed by atoms with Crippen molar-refractivity contribution in [3.05, 3.63) is 30.0 Å². The van der Waals surface area contributed by atoms with Crippen molar-refractivity contribution < 1.29 is 5.11 Å². The first kappa shape index (κ1) is 12.6. The van der Waals surface area contributed by atoms with Gasteiger partial charge in [-0.15, -0.1) is 0 Å². The number of nitrogens with one attached hydrogen (secondary N) is 1. The third kappa shape index (κ3) is 2.38. The van der Waals surface area contributed by atoms with Gasteiger partial charge in [0.2, 0.25) is 0 Å². The zero-order valence-corrected chi connectivity index (χ0v) is 11.3. The molecule has 2 N–H and O–H groups in total. The number of aryl methyl sites for hydroxylation is 1. The lowest BCUT2D eigenvalue weighted by atomic mass is 9.91. The predicted octanol–water partition coefficient (Wildman–Crippen LogP) is 1.57. The van der Waals surface area contributed by atoms with E-state index in [4.69, 9.17) is 5.10 Å². The molecule has 1 aromatic heterocycles. The Hall–Kier alpha value is -1.39. The molecule has 102 valence electrons. The highest BCUT2D eigenvalue weighted by Crippen LogP contribution is 2.23. The van der Waals surface area contributed by atoms with Gasteiger partial charge < -0.3 is 10.4 Å². The molecule has 0 aliphatic carbocycles. The molecule has 0 radical (unpaired) electrons. The molecule has 1 aliphatic heterocycles. The van der Waals surface area contributed by atoms with Crippen LogP contribution in [0.2, 0.25) is 0 Å². The molecule has 2 heterocycles. The van der Waals surface area contributed by atoms with Gasteiger partial charge in [-0.2, -0.15) is 5.10 Å². The van der Waals surface area contributed by atoms with Crippen molar-refractivity contribution in [2.24, 2.45) is 5.92 Å². The van der Waals surface area contributed by atoms with Crippen LogP contribution in [0.5, 0.6) is 0 Å². The van der Waals surface area contributed by atoms with Crippen molar-refractivity contribution in [3.63, 3.8) is 0 Å². The van der Waals surface area contributed by atoms with Gasteiger partial charge in [0.05, 0.1) is 17.3 Å². The maximum Gasteiger partial charge on any atom is 0.0707 e. The van der Waals surface area contributed by atoms with Crippen LogP contribution in [0.15, 0.2) is 24.3 Å². The standard InChI is InChI=1S/C15H21N3O/c1-2-18-14-6-4-3-5-12(14)13(17-18)9-11-10-16-8-7-15(11)19/h3-6,11,15-16,19H,2,7-10H2,1H3. The van der Waals surface area contributed by atoms with E-state index in [9.17, 15) is 5.11 Å². The number of nitrogens with zero attached hydrogens (tertiary/aromatic N) is 2. The lowest BCUT2D eigenvalue weighted by Gasteiger charge is -2.27. The highest BCUT2D eigenvalue weighted by molar-refractivity contribution is 5.81. The number of hydrogen-bond acceptors (Lipinski definition) is 3. The van der Waals surface area contributed by atoms with Crippen LogP contribution in [0.4, 0.5) is 0 Å². The smallest absolute Gasteiger partial charge is 0.0707 e. The Labute approximate surface area is 113 Å². The predicted molar refractivity (Wildman–Crippen MR) is 76.1 cm³/mol. The lowest BCUT2D eigenvalue weighted by Crippen LogP contribution is -2.40. The summed E-state index contributed by atoms with van der Waals surface area (Å²) in [5.41, 5.74) is 2.31. The highest BCUT2D eigenvalue weighted by Gasteiger charge is 2.24. The number of benzene rings is 1. The van der Waals surface area contributed by atoms with Gasteiger partial charge in [-0.3, -0.25) is 4.68 Å². The van der Waals surface area contributed by atoms with Gasteiger partial charge >= 0.3 is 0 Å². The Bertz CT molecular complexity index is 564. The first-order valence-electron chi connectivity index (χ1n) is 7.12. The summed E-state index contributed by atoms with van der Waals surface area (Å²) in [6.45, 7) is 4.79. The monoisotopic (exact) mass is 259 g/mol. The molecule has 2 unspecified atom stereocenters. The van der Waals surface area contributed by atoms with E-state index in [1.165, 1.54) is 10.9 Å². The van der Waals surface area contributed by atoms with E-state index in [1.807, 2.05) is 4.68 Å². The average molecular weight is 259 g/mol. The maximum atomic E-state index is 10.1. The minimum Gasteiger partial charge on any atom is -0.393 e. The molecule has 4 heteroatoms.